The monoisotopic (exact) mass is 383 g/mol. The number of nitrogens with zero attached hydrogens (tertiary/aromatic N) is 4. The van der Waals surface area contributed by atoms with Crippen molar-refractivity contribution >= 4 is 17.5 Å². The van der Waals surface area contributed by atoms with Crippen LogP contribution >= 0.6 is 11.6 Å². The van der Waals surface area contributed by atoms with Crippen molar-refractivity contribution in [1.82, 2.24) is 24.4 Å². The molecule has 0 spiro atoms. The molecule has 0 saturated heterocycles. The van der Waals surface area contributed by atoms with Gasteiger partial charge in [0.2, 0.25) is 0 Å². The molecule has 0 aliphatic carbocycles. The summed E-state index contributed by atoms with van der Waals surface area (Å²) in [6, 6.07) is 3.87. The lowest BCUT2D eigenvalue weighted by atomic mass is 10.2. The van der Waals surface area contributed by atoms with E-state index in [-0.39, 0.29) is 23.1 Å². The third-order valence-electron chi connectivity index (χ3n) is 3.55. The molecule has 0 aliphatic rings. The summed E-state index contributed by atoms with van der Waals surface area (Å²) in [7, 11) is 1.81. The van der Waals surface area contributed by atoms with Crippen LogP contribution in [0, 0.1) is 0 Å². The Morgan fingerprint density at radius 3 is 2.73 bits per heavy atom. The highest BCUT2D eigenvalue weighted by Gasteiger charge is 2.32. The van der Waals surface area contributed by atoms with Gasteiger partial charge in [-0.25, -0.2) is 9.97 Å². The van der Waals surface area contributed by atoms with Crippen molar-refractivity contribution in [2.24, 2.45) is 7.05 Å². The van der Waals surface area contributed by atoms with Gasteiger partial charge in [-0.15, -0.1) is 0 Å². The molecule has 0 atom stereocenters. The van der Waals surface area contributed by atoms with Crippen LogP contribution in [-0.2, 0) is 19.8 Å². The lowest BCUT2D eigenvalue weighted by Crippen LogP contribution is -2.25. The second-order valence-corrected chi connectivity index (χ2v) is 5.91. The van der Waals surface area contributed by atoms with E-state index in [9.17, 15) is 18.0 Å². The van der Waals surface area contributed by atoms with Crippen molar-refractivity contribution in [3.63, 3.8) is 0 Å². The molecule has 0 aliphatic heterocycles. The average molecular weight is 384 g/mol. The Morgan fingerprint density at radius 1 is 1.35 bits per heavy atom. The number of nitrogens with one attached hydrogen (secondary N) is 1. The number of hydrogen-bond acceptors (Lipinski definition) is 3. The maximum absolute atomic E-state index is 12.7. The molecule has 3 aromatic heterocycles. The Bertz CT molecular complexity index is 948. The molecule has 3 aromatic rings. The minimum Gasteiger partial charge on any atom is -0.345 e. The van der Waals surface area contributed by atoms with Crippen LogP contribution in [0.25, 0.3) is 5.82 Å². The third-order valence-corrected chi connectivity index (χ3v) is 3.83. The SMILES string of the molecule is Cn1cnc(CNC(=O)c2cccn2-c2ncc(C(F)(F)F)cc2Cl)c1. The molecule has 0 fully saturated rings. The first-order chi connectivity index (χ1) is 12.3. The predicted molar refractivity (Wildman–Crippen MR) is 88.0 cm³/mol. The number of alkyl halides is 3. The van der Waals surface area contributed by atoms with Crippen LogP contribution in [0.15, 0.2) is 43.1 Å². The molecular formula is C16H13ClF3N5O. The molecule has 3 heterocycles. The highest BCUT2D eigenvalue weighted by atomic mass is 35.5. The van der Waals surface area contributed by atoms with Crippen LogP contribution in [0.3, 0.4) is 0 Å². The lowest BCUT2D eigenvalue weighted by molar-refractivity contribution is -0.137. The highest BCUT2D eigenvalue weighted by molar-refractivity contribution is 6.32. The Hall–Kier alpha value is -2.81. The standard InChI is InChI=1S/C16H13ClF3N5O/c1-24-8-11(23-9-24)7-22-15(26)13-3-2-4-25(13)14-12(17)5-10(6-21-14)16(18,19)20/h2-6,8-9H,7H2,1H3,(H,22,26). The number of aromatic nitrogens is 4. The molecule has 6 nitrogen and oxygen atoms in total. The fraction of sp³-hybridized carbons (Fsp3) is 0.188. The van der Waals surface area contributed by atoms with E-state index in [0.29, 0.717) is 11.9 Å². The van der Waals surface area contributed by atoms with E-state index < -0.39 is 17.6 Å². The summed E-state index contributed by atoms with van der Waals surface area (Å²) in [4.78, 5) is 20.3. The van der Waals surface area contributed by atoms with E-state index in [4.69, 9.17) is 11.6 Å². The molecule has 1 N–H and O–H groups in total. The number of aryl methyl sites for hydroxylation is 1. The first kappa shape index (κ1) is 18.0. The summed E-state index contributed by atoms with van der Waals surface area (Å²) in [6.07, 6.45) is 0.992. The Kier molecular flexibility index (Phi) is 4.73. The van der Waals surface area contributed by atoms with Gasteiger partial charge in [0.15, 0.2) is 5.82 Å². The average Bonchev–Trinajstić information content (AvgIpc) is 3.20. The van der Waals surface area contributed by atoms with Crippen LogP contribution in [0.4, 0.5) is 13.2 Å². The van der Waals surface area contributed by atoms with Gasteiger partial charge >= 0.3 is 6.18 Å². The van der Waals surface area contributed by atoms with Gasteiger partial charge in [0, 0.05) is 25.6 Å². The zero-order valence-electron chi connectivity index (χ0n) is 13.5. The number of amides is 1. The highest BCUT2D eigenvalue weighted by Crippen LogP contribution is 2.32. The van der Waals surface area contributed by atoms with Crippen molar-refractivity contribution in [2.75, 3.05) is 0 Å². The molecule has 0 radical (unpaired) electrons. The van der Waals surface area contributed by atoms with Crippen molar-refractivity contribution in [3.8, 4) is 5.82 Å². The topological polar surface area (TPSA) is 64.7 Å². The Balaban J connectivity index is 1.83. The van der Waals surface area contributed by atoms with E-state index in [1.165, 1.54) is 16.8 Å². The Labute approximate surface area is 151 Å². The number of carbonyl (C=O) groups is 1. The van der Waals surface area contributed by atoms with Crippen molar-refractivity contribution in [2.45, 2.75) is 12.7 Å². The summed E-state index contributed by atoms with van der Waals surface area (Å²) in [5.41, 5.74) is -0.0979. The normalized spacial score (nSPS) is 11.6. The van der Waals surface area contributed by atoms with E-state index in [1.54, 1.807) is 23.2 Å². The minimum atomic E-state index is -4.55. The van der Waals surface area contributed by atoms with Crippen molar-refractivity contribution < 1.29 is 18.0 Å². The number of carbonyl (C=O) groups excluding carboxylic acids is 1. The van der Waals surface area contributed by atoms with Gasteiger partial charge in [0.05, 0.1) is 29.2 Å². The second-order valence-electron chi connectivity index (χ2n) is 5.50. The number of pyridine rings is 1. The molecule has 0 aromatic carbocycles. The molecule has 136 valence electrons. The van der Waals surface area contributed by atoms with Crippen molar-refractivity contribution in [1.29, 1.82) is 0 Å². The van der Waals surface area contributed by atoms with Gasteiger partial charge in [0.25, 0.3) is 5.91 Å². The molecule has 26 heavy (non-hydrogen) atoms. The third kappa shape index (κ3) is 3.72. The van der Waals surface area contributed by atoms with Crippen LogP contribution in [0.1, 0.15) is 21.7 Å². The summed E-state index contributed by atoms with van der Waals surface area (Å²) >= 11 is 5.95. The number of halogens is 4. The Morgan fingerprint density at radius 2 is 2.12 bits per heavy atom. The fourth-order valence-corrected chi connectivity index (χ4v) is 2.59. The van der Waals surface area contributed by atoms with E-state index in [0.717, 1.165) is 6.07 Å². The van der Waals surface area contributed by atoms with Gasteiger partial charge in [-0.2, -0.15) is 13.2 Å². The van der Waals surface area contributed by atoms with Gasteiger partial charge in [-0.3, -0.25) is 9.36 Å². The van der Waals surface area contributed by atoms with E-state index in [2.05, 4.69) is 15.3 Å². The molecular weight excluding hydrogens is 371 g/mol. The summed E-state index contributed by atoms with van der Waals surface area (Å²) < 4.78 is 41.3. The van der Waals surface area contributed by atoms with Gasteiger partial charge in [0.1, 0.15) is 5.69 Å². The van der Waals surface area contributed by atoms with Gasteiger partial charge in [-0.05, 0) is 18.2 Å². The molecule has 10 heteroatoms. The van der Waals surface area contributed by atoms with Gasteiger partial charge < -0.3 is 9.88 Å². The minimum absolute atomic E-state index is 0.0349. The van der Waals surface area contributed by atoms with E-state index in [1.807, 2.05) is 7.05 Å². The summed E-state index contributed by atoms with van der Waals surface area (Å²) in [5.74, 6) is -0.397. The fourth-order valence-electron chi connectivity index (χ4n) is 2.33. The number of imidazole rings is 1. The first-order valence-corrected chi connectivity index (χ1v) is 7.79. The molecule has 0 saturated carbocycles. The maximum Gasteiger partial charge on any atom is 0.417 e. The van der Waals surface area contributed by atoms with Gasteiger partial charge in [-0.1, -0.05) is 11.6 Å². The van der Waals surface area contributed by atoms with Crippen molar-refractivity contribution in [3.05, 3.63) is 65.1 Å². The predicted octanol–water partition coefficient (Wildman–Crippen LogP) is 3.21. The van der Waals surface area contributed by atoms with E-state index >= 15 is 0 Å². The zero-order chi connectivity index (χ0) is 18.9. The molecule has 0 unspecified atom stereocenters. The summed E-state index contributed by atoms with van der Waals surface area (Å²) in [5, 5.41) is 2.48. The largest absolute Gasteiger partial charge is 0.417 e. The quantitative estimate of drug-likeness (QED) is 0.752. The van der Waals surface area contributed by atoms with Crippen LogP contribution in [0.2, 0.25) is 5.02 Å². The smallest absolute Gasteiger partial charge is 0.345 e. The molecule has 0 bridgehead atoms. The lowest BCUT2D eigenvalue weighted by Gasteiger charge is -2.12. The molecule has 1 amide bonds. The zero-order valence-corrected chi connectivity index (χ0v) is 14.2. The number of hydrogen-bond donors (Lipinski definition) is 1. The number of rotatable bonds is 4. The summed E-state index contributed by atoms with van der Waals surface area (Å²) in [6.45, 7) is 0.207. The van der Waals surface area contributed by atoms with Crippen LogP contribution in [-0.4, -0.2) is 25.0 Å². The second kappa shape index (κ2) is 6.83. The first-order valence-electron chi connectivity index (χ1n) is 7.41. The van der Waals surface area contributed by atoms with Crippen LogP contribution < -0.4 is 5.32 Å². The van der Waals surface area contributed by atoms with Crippen LogP contribution in [0.5, 0.6) is 0 Å². The molecule has 3 rings (SSSR count). The maximum atomic E-state index is 12.7.